The molecule has 0 atom stereocenters. The molecule has 1 amide bonds. The molecule has 4 rings (SSSR count). The lowest BCUT2D eigenvalue weighted by Gasteiger charge is -2.21. The first-order chi connectivity index (χ1) is 14.4. The molecule has 1 aromatic carbocycles. The van der Waals surface area contributed by atoms with Gasteiger partial charge in [-0.3, -0.25) is 18.7 Å². The molecule has 0 unspecified atom stereocenters. The Morgan fingerprint density at radius 3 is 2.70 bits per heavy atom. The predicted octanol–water partition coefficient (Wildman–Crippen LogP) is 1.16. The zero-order valence-electron chi connectivity index (χ0n) is 16.4. The van der Waals surface area contributed by atoms with Crippen LogP contribution in [0, 0.1) is 12.7 Å². The van der Waals surface area contributed by atoms with Crippen LogP contribution in [0.25, 0.3) is 11.4 Å². The molecule has 0 saturated heterocycles. The lowest BCUT2D eigenvalue weighted by atomic mass is 10.0. The second-order valence-electron chi connectivity index (χ2n) is 7.14. The van der Waals surface area contributed by atoms with Crippen molar-refractivity contribution < 1.29 is 13.7 Å². The predicted molar refractivity (Wildman–Crippen MR) is 104 cm³/mol. The summed E-state index contributed by atoms with van der Waals surface area (Å²) in [6.07, 6.45) is 2.18. The molecule has 0 radical (unpaired) electrons. The second-order valence-corrected chi connectivity index (χ2v) is 7.14. The molecular weight excluding hydrogens is 393 g/mol. The number of nitrogens with one attached hydrogen (secondary N) is 1. The van der Waals surface area contributed by atoms with Gasteiger partial charge in [-0.25, -0.2) is 9.18 Å². The summed E-state index contributed by atoms with van der Waals surface area (Å²) in [5.74, 6) is -0.467. The van der Waals surface area contributed by atoms with E-state index in [1.54, 1.807) is 19.1 Å². The highest BCUT2D eigenvalue weighted by molar-refractivity contribution is 5.75. The summed E-state index contributed by atoms with van der Waals surface area (Å²) >= 11 is 0. The zero-order valence-corrected chi connectivity index (χ0v) is 16.4. The number of amides is 1. The van der Waals surface area contributed by atoms with Crippen molar-refractivity contribution in [2.24, 2.45) is 0 Å². The molecule has 2 aromatic heterocycles. The number of benzene rings is 1. The maximum absolute atomic E-state index is 13.1. The van der Waals surface area contributed by atoms with Gasteiger partial charge in [0.15, 0.2) is 0 Å². The van der Waals surface area contributed by atoms with E-state index in [1.807, 2.05) is 0 Å². The van der Waals surface area contributed by atoms with Gasteiger partial charge in [0.2, 0.25) is 17.6 Å². The molecular formula is C20H20FN5O4. The number of carbonyl (C=O) groups is 1. The number of hydrogen-bond acceptors (Lipinski definition) is 6. The van der Waals surface area contributed by atoms with E-state index in [4.69, 9.17) is 4.52 Å². The Morgan fingerprint density at radius 2 is 2.00 bits per heavy atom. The first-order valence-electron chi connectivity index (χ1n) is 9.62. The lowest BCUT2D eigenvalue weighted by Crippen LogP contribution is -2.46. The standard InChI is InChI=1S/C20H20FN5O4/c1-12-23-18(24-30-12)17-15-4-2-3-9-25(15)20(29)26(19(17)28)11-16(27)22-10-13-5-7-14(21)8-6-13/h5-8H,2-4,9-11H2,1H3,(H,22,27). The number of aryl methyl sites for hydroxylation is 1. The van der Waals surface area contributed by atoms with Crippen molar-refractivity contribution in [3.63, 3.8) is 0 Å². The van der Waals surface area contributed by atoms with Crippen LogP contribution in [0.1, 0.15) is 30.0 Å². The number of hydrogen-bond donors (Lipinski definition) is 1. The van der Waals surface area contributed by atoms with E-state index in [2.05, 4.69) is 15.5 Å². The zero-order chi connectivity index (χ0) is 21.3. The van der Waals surface area contributed by atoms with E-state index in [1.165, 1.54) is 16.7 Å². The molecule has 1 aliphatic heterocycles. The third-order valence-corrected chi connectivity index (χ3v) is 5.04. The van der Waals surface area contributed by atoms with E-state index < -0.39 is 23.7 Å². The SMILES string of the molecule is Cc1nc(-c2c3n(c(=O)n(CC(=O)NCc4ccc(F)cc4)c2=O)CCCC3)no1. The molecule has 1 N–H and O–H groups in total. The van der Waals surface area contributed by atoms with Crippen LogP contribution in [-0.2, 0) is 30.8 Å². The maximum atomic E-state index is 13.1. The number of fused-ring (bicyclic) bond motifs is 1. The second kappa shape index (κ2) is 8.05. The van der Waals surface area contributed by atoms with Gasteiger partial charge in [-0.05, 0) is 37.0 Å². The van der Waals surface area contributed by atoms with Crippen LogP contribution in [0.5, 0.6) is 0 Å². The van der Waals surface area contributed by atoms with E-state index in [0.29, 0.717) is 30.1 Å². The normalized spacial score (nSPS) is 13.1. The van der Waals surface area contributed by atoms with E-state index in [-0.39, 0.29) is 23.7 Å². The fourth-order valence-corrected chi connectivity index (χ4v) is 3.56. The Morgan fingerprint density at radius 1 is 1.23 bits per heavy atom. The fourth-order valence-electron chi connectivity index (χ4n) is 3.56. The minimum absolute atomic E-state index is 0.114. The van der Waals surface area contributed by atoms with Gasteiger partial charge in [0.05, 0.1) is 0 Å². The Hall–Kier alpha value is -3.56. The molecule has 30 heavy (non-hydrogen) atoms. The molecule has 10 heteroatoms. The largest absolute Gasteiger partial charge is 0.350 e. The monoisotopic (exact) mass is 413 g/mol. The summed E-state index contributed by atoms with van der Waals surface area (Å²) in [6.45, 7) is 1.77. The summed E-state index contributed by atoms with van der Waals surface area (Å²) in [7, 11) is 0. The van der Waals surface area contributed by atoms with Crippen molar-refractivity contribution in [1.82, 2.24) is 24.6 Å². The topological polar surface area (TPSA) is 112 Å². The first kappa shape index (κ1) is 19.7. The average molecular weight is 413 g/mol. The summed E-state index contributed by atoms with van der Waals surface area (Å²) in [5.41, 5.74) is 0.307. The van der Waals surface area contributed by atoms with Gasteiger partial charge in [-0.2, -0.15) is 4.98 Å². The van der Waals surface area contributed by atoms with Crippen molar-refractivity contribution in [3.8, 4) is 11.4 Å². The van der Waals surface area contributed by atoms with Crippen molar-refractivity contribution >= 4 is 5.91 Å². The van der Waals surface area contributed by atoms with Crippen molar-refractivity contribution in [2.75, 3.05) is 0 Å². The van der Waals surface area contributed by atoms with Crippen LogP contribution in [0.15, 0.2) is 38.4 Å². The van der Waals surface area contributed by atoms with Crippen LogP contribution in [0.4, 0.5) is 4.39 Å². The molecule has 0 fully saturated rings. The summed E-state index contributed by atoms with van der Waals surface area (Å²) in [6, 6.07) is 5.68. The van der Waals surface area contributed by atoms with Gasteiger partial charge in [-0.15, -0.1) is 0 Å². The van der Waals surface area contributed by atoms with Gasteiger partial charge >= 0.3 is 5.69 Å². The van der Waals surface area contributed by atoms with Crippen molar-refractivity contribution in [2.45, 2.75) is 45.8 Å². The Balaban J connectivity index is 1.66. The Labute approximate surface area is 170 Å². The molecule has 156 valence electrons. The van der Waals surface area contributed by atoms with Gasteiger partial charge in [0.1, 0.15) is 17.9 Å². The van der Waals surface area contributed by atoms with E-state index in [9.17, 15) is 18.8 Å². The molecule has 0 aliphatic carbocycles. The number of carbonyl (C=O) groups excluding carboxylic acids is 1. The minimum atomic E-state index is -0.620. The van der Waals surface area contributed by atoms with Crippen LogP contribution < -0.4 is 16.6 Å². The molecule has 0 bridgehead atoms. The van der Waals surface area contributed by atoms with Gasteiger partial charge in [0, 0.05) is 25.7 Å². The van der Waals surface area contributed by atoms with Crippen LogP contribution >= 0.6 is 0 Å². The molecule has 9 nitrogen and oxygen atoms in total. The van der Waals surface area contributed by atoms with E-state index in [0.717, 1.165) is 17.4 Å². The van der Waals surface area contributed by atoms with Gasteiger partial charge < -0.3 is 9.84 Å². The highest BCUT2D eigenvalue weighted by Gasteiger charge is 2.26. The lowest BCUT2D eigenvalue weighted by molar-refractivity contribution is -0.121. The Bertz CT molecular complexity index is 1210. The van der Waals surface area contributed by atoms with Gasteiger partial charge in [-0.1, -0.05) is 17.3 Å². The van der Waals surface area contributed by atoms with Crippen molar-refractivity contribution in [1.29, 1.82) is 0 Å². The maximum Gasteiger partial charge on any atom is 0.331 e. The number of halogens is 1. The summed E-state index contributed by atoms with van der Waals surface area (Å²) in [5, 5.41) is 6.49. The van der Waals surface area contributed by atoms with E-state index >= 15 is 0 Å². The van der Waals surface area contributed by atoms with Crippen LogP contribution in [-0.4, -0.2) is 25.2 Å². The highest BCUT2D eigenvalue weighted by Crippen LogP contribution is 2.21. The molecule has 1 aliphatic rings. The number of rotatable bonds is 5. The molecule has 3 heterocycles. The van der Waals surface area contributed by atoms with Gasteiger partial charge in [0.25, 0.3) is 5.56 Å². The third kappa shape index (κ3) is 3.80. The average Bonchev–Trinajstić information content (AvgIpc) is 3.16. The van der Waals surface area contributed by atoms with Crippen LogP contribution in [0.3, 0.4) is 0 Å². The smallest absolute Gasteiger partial charge is 0.331 e. The fraction of sp³-hybridized carbons (Fsp3) is 0.350. The Kier molecular flexibility index (Phi) is 5.30. The molecule has 0 saturated carbocycles. The first-order valence-corrected chi connectivity index (χ1v) is 9.62. The number of aromatic nitrogens is 4. The molecule has 0 spiro atoms. The van der Waals surface area contributed by atoms with Crippen molar-refractivity contribution in [3.05, 3.63) is 68.1 Å². The highest BCUT2D eigenvalue weighted by atomic mass is 19.1. The number of nitrogens with zero attached hydrogens (tertiary/aromatic N) is 4. The molecule has 3 aromatic rings. The van der Waals surface area contributed by atoms with Crippen LogP contribution in [0.2, 0.25) is 0 Å². The quantitative estimate of drug-likeness (QED) is 0.672. The summed E-state index contributed by atoms with van der Waals surface area (Å²) in [4.78, 5) is 42.6. The minimum Gasteiger partial charge on any atom is -0.350 e. The third-order valence-electron chi connectivity index (χ3n) is 5.04. The summed E-state index contributed by atoms with van der Waals surface area (Å²) < 4.78 is 20.4.